The third-order valence-corrected chi connectivity index (χ3v) is 8.36. The zero-order valence-corrected chi connectivity index (χ0v) is 27.1. The van der Waals surface area contributed by atoms with Gasteiger partial charge in [-0.1, -0.05) is 36.4 Å². The summed E-state index contributed by atoms with van der Waals surface area (Å²) in [6, 6.07) is 16.2. The van der Waals surface area contributed by atoms with Crippen molar-refractivity contribution in [2.24, 2.45) is 5.73 Å². The van der Waals surface area contributed by atoms with E-state index in [1.807, 2.05) is 37.9 Å². The molecule has 0 radical (unpaired) electrons. The van der Waals surface area contributed by atoms with E-state index in [1.165, 1.54) is 19.2 Å². The number of hydrogen-bond donors (Lipinski definition) is 4. The molecule has 0 saturated carbocycles. The van der Waals surface area contributed by atoms with Gasteiger partial charge < -0.3 is 30.9 Å². The van der Waals surface area contributed by atoms with Crippen molar-refractivity contribution in [3.8, 4) is 5.75 Å². The number of likely N-dealkylation sites (N-methyl/N-ethyl adjacent to an activating group) is 2. The maximum Gasteiger partial charge on any atom is 0.261 e. The Kier molecular flexibility index (Phi) is 10.4. The molecule has 0 bridgehead atoms. The Balaban J connectivity index is 1.65. The second-order valence-corrected chi connectivity index (χ2v) is 12.4. The standard InChI is InChI=1S/C32H37FN8O4S/c1-20-11-13-22(14-12-20)46(43,44)39-26-10-8-7-9-25(26)36-31-24(33)19-35-32(38-31)37-27-17-23(21(2)30(34)42)28(18-29(27)45-6)41(5)16-15-40(3)4/h7-14,17-19,39H,2,15-16H2,1,3-6H3,(H2,34,42)(H2,35,36,37,38). The van der Waals surface area contributed by atoms with Crippen LogP contribution in [0.3, 0.4) is 0 Å². The third kappa shape index (κ3) is 8.08. The van der Waals surface area contributed by atoms with Crippen LogP contribution in [0, 0.1) is 12.7 Å². The summed E-state index contributed by atoms with van der Waals surface area (Å²) in [5.41, 5.74) is 8.54. The van der Waals surface area contributed by atoms with Gasteiger partial charge in [0.05, 0.1) is 35.3 Å². The highest BCUT2D eigenvalue weighted by Crippen LogP contribution is 2.38. The number of ether oxygens (including phenoxy) is 1. The van der Waals surface area contributed by atoms with E-state index >= 15 is 0 Å². The maximum atomic E-state index is 15.0. The molecule has 12 nitrogen and oxygen atoms in total. The Hall–Kier alpha value is -5.21. The number of para-hydroxylation sites is 2. The number of nitrogens with two attached hydrogens (primary N) is 1. The van der Waals surface area contributed by atoms with E-state index in [4.69, 9.17) is 10.5 Å². The number of nitrogens with one attached hydrogen (secondary N) is 3. The molecule has 0 saturated heterocycles. The molecule has 0 fully saturated rings. The van der Waals surface area contributed by atoms with E-state index in [9.17, 15) is 17.6 Å². The van der Waals surface area contributed by atoms with Gasteiger partial charge in [-0.2, -0.15) is 4.98 Å². The van der Waals surface area contributed by atoms with Gasteiger partial charge in [0.2, 0.25) is 11.9 Å². The Morgan fingerprint density at radius 3 is 2.30 bits per heavy atom. The summed E-state index contributed by atoms with van der Waals surface area (Å²) in [6.45, 7) is 7.12. The molecule has 3 aromatic carbocycles. The number of benzene rings is 3. The number of primary amides is 1. The first-order chi connectivity index (χ1) is 21.8. The fraction of sp³-hybridized carbons (Fsp3) is 0.219. The van der Waals surface area contributed by atoms with Crippen LogP contribution in [0.5, 0.6) is 5.75 Å². The van der Waals surface area contributed by atoms with E-state index in [1.54, 1.807) is 48.5 Å². The summed E-state index contributed by atoms with van der Waals surface area (Å²) in [6.07, 6.45) is 0.968. The van der Waals surface area contributed by atoms with Crippen LogP contribution in [-0.4, -0.2) is 70.5 Å². The molecule has 4 rings (SSSR count). The van der Waals surface area contributed by atoms with Crippen molar-refractivity contribution in [3.05, 3.63) is 90.4 Å². The minimum Gasteiger partial charge on any atom is -0.494 e. The number of sulfonamides is 1. The average molecular weight is 649 g/mol. The van der Waals surface area contributed by atoms with E-state index in [2.05, 4.69) is 31.9 Å². The molecule has 46 heavy (non-hydrogen) atoms. The molecule has 0 aliphatic rings. The Morgan fingerprint density at radius 2 is 1.67 bits per heavy atom. The fourth-order valence-electron chi connectivity index (χ4n) is 4.36. The predicted octanol–water partition coefficient (Wildman–Crippen LogP) is 4.72. The number of halogens is 1. The summed E-state index contributed by atoms with van der Waals surface area (Å²) in [5.74, 6) is -1.32. The number of methoxy groups -OCH3 is 1. The molecular weight excluding hydrogens is 611 g/mol. The molecule has 0 aliphatic heterocycles. The molecule has 1 aromatic heterocycles. The average Bonchev–Trinajstić information content (AvgIpc) is 3.01. The van der Waals surface area contributed by atoms with Crippen molar-refractivity contribution in [3.63, 3.8) is 0 Å². The van der Waals surface area contributed by atoms with Crippen molar-refractivity contribution in [2.45, 2.75) is 11.8 Å². The number of rotatable bonds is 14. The van der Waals surface area contributed by atoms with E-state index in [-0.39, 0.29) is 33.6 Å². The first kappa shape index (κ1) is 33.7. The lowest BCUT2D eigenvalue weighted by Gasteiger charge is -2.26. The van der Waals surface area contributed by atoms with Crippen LogP contribution in [-0.2, 0) is 14.8 Å². The first-order valence-corrected chi connectivity index (χ1v) is 15.6. The van der Waals surface area contributed by atoms with Gasteiger partial charge in [-0.3, -0.25) is 9.52 Å². The zero-order chi connectivity index (χ0) is 33.6. The van der Waals surface area contributed by atoms with E-state index < -0.39 is 21.7 Å². The first-order valence-electron chi connectivity index (χ1n) is 14.1. The molecule has 0 aliphatic carbocycles. The number of aryl methyl sites for hydroxylation is 1. The van der Waals surface area contributed by atoms with Crippen LogP contribution >= 0.6 is 0 Å². The number of nitrogens with zero attached hydrogens (tertiary/aromatic N) is 4. The minimum atomic E-state index is -3.94. The summed E-state index contributed by atoms with van der Waals surface area (Å²) >= 11 is 0. The number of amides is 1. The number of carbonyl (C=O) groups excluding carboxylic acids is 1. The SMILES string of the molecule is C=C(C(N)=O)c1cc(Nc2ncc(F)c(Nc3ccccc3NS(=O)(=O)c3ccc(C)cc3)n2)c(OC)cc1N(C)CCN(C)C. The van der Waals surface area contributed by atoms with Gasteiger partial charge in [0, 0.05) is 43.0 Å². The lowest BCUT2D eigenvalue weighted by molar-refractivity contribution is -0.112. The van der Waals surface area contributed by atoms with Crippen molar-refractivity contribution < 1.29 is 22.3 Å². The Labute approximate surface area is 268 Å². The zero-order valence-electron chi connectivity index (χ0n) is 26.3. The smallest absolute Gasteiger partial charge is 0.261 e. The lowest BCUT2D eigenvalue weighted by atomic mass is 10.0. The maximum absolute atomic E-state index is 15.0. The normalized spacial score (nSPS) is 11.2. The lowest BCUT2D eigenvalue weighted by Crippen LogP contribution is -2.29. The molecule has 0 unspecified atom stereocenters. The van der Waals surface area contributed by atoms with Crippen LogP contribution in [0.25, 0.3) is 5.57 Å². The van der Waals surface area contributed by atoms with E-state index in [0.29, 0.717) is 29.2 Å². The quantitative estimate of drug-likeness (QED) is 0.141. The van der Waals surface area contributed by atoms with E-state index in [0.717, 1.165) is 18.3 Å². The number of anilines is 6. The minimum absolute atomic E-state index is 0.00994. The number of aromatic nitrogens is 2. The van der Waals surface area contributed by atoms with Crippen LogP contribution in [0.1, 0.15) is 11.1 Å². The number of carbonyl (C=O) groups is 1. The largest absolute Gasteiger partial charge is 0.494 e. The molecule has 5 N–H and O–H groups in total. The predicted molar refractivity (Wildman–Crippen MR) is 180 cm³/mol. The van der Waals surface area contributed by atoms with Gasteiger partial charge in [-0.15, -0.1) is 0 Å². The summed E-state index contributed by atoms with van der Waals surface area (Å²) in [7, 11) is 3.34. The van der Waals surface area contributed by atoms with Gasteiger partial charge >= 0.3 is 0 Å². The summed E-state index contributed by atoms with van der Waals surface area (Å²) in [5, 5.41) is 5.88. The highest BCUT2D eigenvalue weighted by Gasteiger charge is 2.21. The second kappa shape index (κ2) is 14.3. The van der Waals surface area contributed by atoms with Gasteiger partial charge in [-0.25, -0.2) is 17.8 Å². The van der Waals surface area contributed by atoms with Crippen molar-refractivity contribution >= 4 is 56.0 Å². The van der Waals surface area contributed by atoms with Gasteiger partial charge in [0.25, 0.3) is 10.0 Å². The summed E-state index contributed by atoms with van der Waals surface area (Å²) < 4.78 is 49.3. The molecular formula is C32H37FN8O4S. The monoisotopic (exact) mass is 648 g/mol. The van der Waals surface area contributed by atoms with Gasteiger partial charge in [0.15, 0.2) is 11.6 Å². The third-order valence-electron chi connectivity index (χ3n) is 6.98. The molecule has 242 valence electrons. The topological polar surface area (TPSA) is 155 Å². The van der Waals surface area contributed by atoms with Crippen LogP contribution in [0.15, 0.2) is 78.3 Å². The molecule has 1 amide bonds. The highest BCUT2D eigenvalue weighted by atomic mass is 32.2. The van der Waals surface area contributed by atoms with Crippen molar-refractivity contribution in [1.82, 2.24) is 14.9 Å². The Bertz CT molecular complexity index is 1850. The number of hydrogen-bond acceptors (Lipinski definition) is 10. The second-order valence-electron chi connectivity index (χ2n) is 10.7. The van der Waals surface area contributed by atoms with Gasteiger partial charge in [0.1, 0.15) is 5.75 Å². The van der Waals surface area contributed by atoms with Gasteiger partial charge in [-0.05, 0) is 51.4 Å². The molecule has 0 spiro atoms. The molecule has 0 atom stereocenters. The fourth-order valence-corrected chi connectivity index (χ4v) is 5.44. The van der Waals surface area contributed by atoms with Crippen LogP contribution in [0.2, 0.25) is 0 Å². The van der Waals surface area contributed by atoms with Crippen LogP contribution < -0.4 is 30.7 Å². The molecule has 14 heteroatoms. The summed E-state index contributed by atoms with van der Waals surface area (Å²) in [4.78, 5) is 24.6. The Morgan fingerprint density at radius 1 is 1.00 bits per heavy atom. The van der Waals surface area contributed by atoms with Crippen LogP contribution in [0.4, 0.5) is 38.9 Å². The van der Waals surface area contributed by atoms with Crippen molar-refractivity contribution in [1.29, 1.82) is 0 Å². The molecule has 1 heterocycles. The highest BCUT2D eigenvalue weighted by molar-refractivity contribution is 7.92. The molecule has 4 aromatic rings. The van der Waals surface area contributed by atoms with Crippen molar-refractivity contribution in [2.75, 3.05) is 61.6 Å².